The third-order valence-corrected chi connectivity index (χ3v) is 5.95. The topological polar surface area (TPSA) is 64.1 Å². The summed E-state index contributed by atoms with van der Waals surface area (Å²) in [4.78, 5) is 21.5. The van der Waals surface area contributed by atoms with Gasteiger partial charge in [-0.25, -0.2) is 9.78 Å². The van der Waals surface area contributed by atoms with E-state index in [4.69, 9.17) is 19.2 Å². The number of aryl methyl sites for hydroxylation is 1. The third-order valence-electron chi connectivity index (χ3n) is 5.95. The van der Waals surface area contributed by atoms with Crippen LogP contribution in [0.4, 0.5) is 4.79 Å². The van der Waals surface area contributed by atoms with Gasteiger partial charge in [0.05, 0.1) is 19.2 Å². The first-order chi connectivity index (χ1) is 14.8. The number of piperazine rings is 1. The van der Waals surface area contributed by atoms with Crippen LogP contribution in [0.3, 0.4) is 0 Å². The van der Waals surface area contributed by atoms with Gasteiger partial charge in [0.2, 0.25) is 5.88 Å². The van der Waals surface area contributed by atoms with Crippen molar-refractivity contribution in [3.05, 3.63) is 29.3 Å². The molecule has 31 heavy (non-hydrogen) atoms. The van der Waals surface area contributed by atoms with E-state index < -0.39 is 5.60 Å². The van der Waals surface area contributed by atoms with Crippen molar-refractivity contribution in [2.45, 2.75) is 58.7 Å². The molecule has 0 N–H and O–H groups in total. The third kappa shape index (κ3) is 4.71. The van der Waals surface area contributed by atoms with Gasteiger partial charge in [-0.05, 0) is 51.8 Å². The maximum Gasteiger partial charge on any atom is 0.410 e. The normalized spacial score (nSPS) is 19.6. The minimum absolute atomic E-state index is 0.232. The van der Waals surface area contributed by atoms with Crippen molar-refractivity contribution >= 4 is 17.0 Å². The lowest BCUT2D eigenvalue weighted by Gasteiger charge is -2.42. The fourth-order valence-corrected chi connectivity index (χ4v) is 4.35. The number of nitrogens with zero attached hydrogens (tertiary/aromatic N) is 3. The van der Waals surface area contributed by atoms with Crippen LogP contribution in [0.15, 0.2) is 18.2 Å². The van der Waals surface area contributed by atoms with E-state index in [0.717, 1.165) is 53.7 Å². The molecule has 168 valence electrons. The van der Waals surface area contributed by atoms with Gasteiger partial charge < -0.3 is 19.1 Å². The number of carbonyl (C=O) groups is 1. The minimum Gasteiger partial charge on any atom is -0.493 e. The Balaban J connectivity index is 1.56. The van der Waals surface area contributed by atoms with Gasteiger partial charge in [0.15, 0.2) is 0 Å². The molecule has 1 aromatic heterocycles. The van der Waals surface area contributed by atoms with Crippen LogP contribution in [-0.4, -0.2) is 65.9 Å². The number of methoxy groups -OCH3 is 1. The molecule has 0 spiro atoms. The standard InChI is InChI=1S/C24H33N3O4/c1-6-16-11-17-13-21-18(12-20(17)25-22(16)29-5)14-26-8-9-27(15-19(26)7-10-30-21)23(28)31-24(2,3)4/h11-13,19H,6-10,14-15H2,1-5H3. The van der Waals surface area contributed by atoms with E-state index in [1.807, 2.05) is 25.7 Å². The Bertz CT molecular complexity index is 969. The molecule has 2 aromatic rings. The Hall–Kier alpha value is -2.54. The highest BCUT2D eigenvalue weighted by Crippen LogP contribution is 2.32. The van der Waals surface area contributed by atoms with E-state index in [1.165, 1.54) is 0 Å². The summed E-state index contributed by atoms with van der Waals surface area (Å²) in [6, 6.07) is 6.62. The van der Waals surface area contributed by atoms with E-state index in [1.54, 1.807) is 7.11 Å². The second-order valence-corrected chi connectivity index (χ2v) is 9.35. The van der Waals surface area contributed by atoms with Crippen LogP contribution in [-0.2, 0) is 17.7 Å². The molecule has 0 aliphatic carbocycles. The molecule has 2 aliphatic heterocycles. The summed E-state index contributed by atoms with van der Waals surface area (Å²) in [6.07, 6.45) is 1.51. The predicted octanol–water partition coefficient (Wildman–Crippen LogP) is 4.01. The first-order valence-corrected chi connectivity index (χ1v) is 11.1. The number of amides is 1. The van der Waals surface area contributed by atoms with Gasteiger partial charge in [0.1, 0.15) is 11.4 Å². The molecule has 2 aliphatic rings. The van der Waals surface area contributed by atoms with Gasteiger partial charge >= 0.3 is 6.09 Å². The Morgan fingerprint density at radius 3 is 2.77 bits per heavy atom. The highest BCUT2D eigenvalue weighted by atomic mass is 16.6. The smallest absolute Gasteiger partial charge is 0.410 e. The summed E-state index contributed by atoms with van der Waals surface area (Å²) < 4.78 is 17.2. The molecule has 1 saturated heterocycles. The van der Waals surface area contributed by atoms with Crippen LogP contribution in [0.5, 0.6) is 11.6 Å². The first kappa shape index (κ1) is 21.7. The molecular formula is C24H33N3O4. The number of ether oxygens (including phenoxy) is 3. The van der Waals surface area contributed by atoms with Crippen LogP contribution in [0.2, 0.25) is 0 Å². The van der Waals surface area contributed by atoms with Crippen LogP contribution in [0.1, 0.15) is 45.2 Å². The predicted molar refractivity (Wildman–Crippen MR) is 120 cm³/mol. The molecule has 1 unspecified atom stereocenters. The van der Waals surface area contributed by atoms with Crippen molar-refractivity contribution in [2.24, 2.45) is 0 Å². The number of pyridine rings is 1. The summed E-state index contributed by atoms with van der Waals surface area (Å²) in [5.74, 6) is 1.61. The molecule has 0 radical (unpaired) electrons. The summed E-state index contributed by atoms with van der Waals surface area (Å²) in [5, 5.41) is 1.07. The molecule has 4 rings (SSSR count). The maximum absolute atomic E-state index is 12.5. The maximum atomic E-state index is 12.5. The number of rotatable bonds is 2. The molecule has 3 heterocycles. The lowest BCUT2D eigenvalue weighted by Crippen LogP contribution is -2.55. The fraction of sp³-hybridized carbons (Fsp3) is 0.583. The molecule has 7 nitrogen and oxygen atoms in total. The summed E-state index contributed by atoms with van der Waals surface area (Å²) >= 11 is 0. The zero-order valence-corrected chi connectivity index (χ0v) is 19.2. The summed E-state index contributed by atoms with van der Waals surface area (Å²) in [7, 11) is 1.67. The van der Waals surface area contributed by atoms with E-state index >= 15 is 0 Å². The van der Waals surface area contributed by atoms with Crippen LogP contribution >= 0.6 is 0 Å². The molecule has 1 aromatic carbocycles. The molecule has 1 fully saturated rings. The van der Waals surface area contributed by atoms with Gasteiger partial charge in [-0.2, -0.15) is 0 Å². The van der Waals surface area contributed by atoms with Crippen molar-refractivity contribution in [1.29, 1.82) is 0 Å². The van der Waals surface area contributed by atoms with Crippen molar-refractivity contribution in [3.63, 3.8) is 0 Å². The number of benzene rings is 1. The van der Waals surface area contributed by atoms with Crippen LogP contribution in [0, 0.1) is 0 Å². The van der Waals surface area contributed by atoms with Gasteiger partial charge in [-0.15, -0.1) is 0 Å². The lowest BCUT2D eigenvalue weighted by molar-refractivity contribution is -0.00192. The van der Waals surface area contributed by atoms with E-state index in [0.29, 0.717) is 25.6 Å². The quantitative estimate of drug-likeness (QED) is 0.722. The SMILES string of the molecule is CCc1cc2cc3c(cc2nc1OC)CN1CCN(C(=O)OC(C)(C)C)CC1CCO3. The van der Waals surface area contributed by atoms with Crippen molar-refractivity contribution in [1.82, 2.24) is 14.8 Å². The average molecular weight is 428 g/mol. The Kier molecular flexibility index (Phi) is 5.97. The molecule has 0 saturated carbocycles. The second-order valence-electron chi connectivity index (χ2n) is 9.35. The number of aromatic nitrogens is 1. The number of hydrogen-bond donors (Lipinski definition) is 0. The average Bonchev–Trinajstić information content (AvgIpc) is 2.71. The van der Waals surface area contributed by atoms with Crippen LogP contribution < -0.4 is 9.47 Å². The van der Waals surface area contributed by atoms with Gasteiger partial charge in [0, 0.05) is 48.7 Å². The van der Waals surface area contributed by atoms with Gasteiger partial charge in [0.25, 0.3) is 0 Å². The van der Waals surface area contributed by atoms with Crippen molar-refractivity contribution < 1.29 is 19.0 Å². The highest BCUT2D eigenvalue weighted by Gasteiger charge is 2.33. The Morgan fingerprint density at radius 2 is 2.06 bits per heavy atom. The number of hydrogen-bond acceptors (Lipinski definition) is 6. The monoisotopic (exact) mass is 427 g/mol. The van der Waals surface area contributed by atoms with Crippen molar-refractivity contribution in [2.75, 3.05) is 33.4 Å². The summed E-state index contributed by atoms with van der Waals surface area (Å²) in [6.45, 7) is 11.3. The molecular weight excluding hydrogens is 394 g/mol. The largest absolute Gasteiger partial charge is 0.493 e. The lowest BCUT2D eigenvalue weighted by atomic mass is 10.0. The Morgan fingerprint density at radius 1 is 1.26 bits per heavy atom. The summed E-state index contributed by atoms with van der Waals surface area (Å²) in [5.41, 5.74) is 2.66. The molecule has 1 amide bonds. The van der Waals surface area contributed by atoms with Gasteiger partial charge in [-0.3, -0.25) is 4.90 Å². The van der Waals surface area contributed by atoms with Crippen LogP contribution in [0.25, 0.3) is 10.9 Å². The second kappa shape index (κ2) is 8.54. The van der Waals surface area contributed by atoms with Crippen molar-refractivity contribution in [3.8, 4) is 11.6 Å². The number of fused-ring (bicyclic) bond motifs is 3. The van der Waals surface area contributed by atoms with E-state index in [2.05, 4.69) is 30.0 Å². The van der Waals surface area contributed by atoms with Gasteiger partial charge in [-0.1, -0.05) is 6.92 Å². The fourth-order valence-electron chi connectivity index (χ4n) is 4.35. The van der Waals surface area contributed by atoms with E-state index in [-0.39, 0.29) is 12.1 Å². The zero-order valence-electron chi connectivity index (χ0n) is 19.2. The number of carbonyl (C=O) groups excluding carboxylic acids is 1. The molecule has 0 bridgehead atoms. The van der Waals surface area contributed by atoms with E-state index in [9.17, 15) is 4.79 Å². The Labute approximate surface area is 184 Å². The first-order valence-electron chi connectivity index (χ1n) is 11.1. The minimum atomic E-state index is -0.482. The molecule has 1 atom stereocenters. The molecule has 7 heteroatoms. The highest BCUT2D eigenvalue weighted by molar-refractivity contribution is 5.83. The zero-order chi connectivity index (χ0) is 22.2.